The van der Waals surface area contributed by atoms with Gasteiger partial charge in [-0.1, -0.05) is 27.3 Å². The normalized spacial score (nSPS) is 19.1. The number of alkyl halides is 1. The van der Waals surface area contributed by atoms with E-state index in [0.29, 0.717) is 0 Å². The van der Waals surface area contributed by atoms with Crippen LogP contribution in [0.3, 0.4) is 0 Å². The third-order valence-corrected chi connectivity index (χ3v) is 3.71. The fraction of sp³-hybridized carbons (Fsp3) is 0.778. The molecule has 15 heavy (non-hydrogen) atoms. The van der Waals surface area contributed by atoms with Crippen LogP contribution in [0.2, 0.25) is 0 Å². The Morgan fingerprint density at radius 2 is 2.27 bits per heavy atom. The Kier molecular flexibility index (Phi) is 4.34. The van der Waals surface area contributed by atoms with Gasteiger partial charge in [0.1, 0.15) is 5.51 Å². The first-order chi connectivity index (χ1) is 7.40. The van der Waals surface area contributed by atoms with Gasteiger partial charge >= 0.3 is 0 Å². The van der Waals surface area contributed by atoms with E-state index in [-0.39, 0.29) is 0 Å². The quantitative estimate of drug-likeness (QED) is 0.789. The predicted octanol–water partition coefficient (Wildman–Crippen LogP) is 1.45. The van der Waals surface area contributed by atoms with Crippen LogP contribution in [0.1, 0.15) is 6.42 Å². The van der Waals surface area contributed by atoms with Crippen LogP contribution in [0.4, 0.5) is 5.13 Å². The topological polar surface area (TPSA) is 32.3 Å². The molecule has 1 aromatic heterocycles. The van der Waals surface area contributed by atoms with Crippen LogP contribution >= 0.6 is 27.3 Å². The molecule has 0 bridgehead atoms. The summed E-state index contributed by atoms with van der Waals surface area (Å²) in [6, 6.07) is 0. The molecule has 0 amide bonds. The van der Waals surface area contributed by atoms with E-state index in [0.717, 1.165) is 36.6 Å². The number of aromatic nitrogens is 2. The SMILES string of the molecule is BrCCN1CCCN(c2nncs2)CC1. The fourth-order valence-electron chi connectivity index (χ4n) is 1.81. The molecule has 0 aliphatic carbocycles. The molecule has 0 radical (unpaired) electrons. The molecule has 84 valence electrons. The van der Waals surface area contributed by atoms with E-state index < -0.39 is 0 Å². The van der Waals surface area contributed by atoms with Crippen LogP contribution in [0.25, 0.3) is 0 Å². The summed E-state index contributed by atoms with van der Waals surface area (Å²) >= 11 is 5.12. The summed E-state index contributed by atoms with van der Waals surface area (Å²) in [6.45, 7) is 5.65. The van der Waals surface area contributed by atoms with Gasteiger partial charge in [0.15, 0.2) is 0 Å². The lowest BCUT2D eigenvalue weighted by molar-refractivity contribution is 0.313. The average Bonchev–Trinajstić information content (AvgIpc) is 2.67. The van der Waals surface area contributed by atoms with E-state index in [2.05, 4.69) is 35.9 Å². The smallest absolute Gasteiger partial charge is 0.208 e. The second kappa shape index (κ2) is 5.77. The van der Waals surface area contributed by atoms with E-state index in [1.807, 2.05) is 0 Å². The number of rotatable bonds is 3. The van der Waals surface area contributed by atoms with Crippen LogP contribution < -0.4 is 4.90 Å². The molecule has 4 nitrogen and oxygen atoms in total. The summed E-state index contributed by atoms with van der Waals surface area (Å²) in [5.74, 6) is 0. The number of halogens is 1. The van der Waals surface area contributed by atoms with Crippen molar-refractivity contribution < 1.29 is 0 Å². The van der Waals surface area contributed by atoms with Crippen molar-refractivity contribution in [3.05, 3.63) is 5.51 Å². The van der Waals surface area contributed by atoms with Crippen molar-refractivity contribution >= 4 is 32.4 Å². The lowest BCUT2D eigenvalue weighted by Gasteiger charge is -2.20. The van der Waals surface area contributed by atoms with E-state index in [1.54, 1.807) is 16.8 Å². The highest BCUT2D eigenvalue weighted by Gasteiger charge is 2.16. The van der Waals surface area contributed by atoms with Gasteiger partial charge in [0.2, 0.25) is 5.13 Å². The molecule has 0 spiro atoms. The van der Waals surface area contributed by atoms with E-state index >= 15 is 0 Å². The van der Waals surface area contributed by atoms with Gasteiger partial charge < -0.3 is 9.80 Å². The molecule has 2 heterocycles. The minimum absolute atomic E-state index is 1.06. The van der Waals surface area contributed by atoms with E-state index in [9.17, 15) is 0 Å². The van der Waals surface area contributed by atoms with Gasteiger partial charge in [-0.15, -0.1) is 10.2 Å². The molecule has 6 heteroatoms. The number of hydrogen-bond donors (Lipinski definition) is 0. The second-order valence-corrected chi connectivity index (χ2v) is 5.20. The molecule has 1 saturated heterocycles. The molecular weight excluding hydrogens is 276 g/mol. The number of anilines is 1. The largest absolute Gasteiger partial charge is 0.345 e. The Bertz CT molecular complexity index is 280. The van der Waals surface area contributed by atoms with E-state index in [4.69, 9.17) is 0 Å². The molecule has 0 unspecified atom stereocenters. The van der Waals surface area contributed by atoms with Gasteiger partial charge in [0.25, 0.3) is 0 Å². The lowest BCUT2D eigenvalue weighted by Crippen LogP contribution is -2.31. The third kappa shape index (κ3) is 3.12. The Morgan fingerprint density at radius 1 is 1.33 bits per heavy atom. The summed E-state index contributed by atoms with van der Waals surface area (Å²) in [6.07, 6.45) is 1.21. The number of nitrogens with zero attached hydrogens (tertiary/aromatic N) is 4. The minimum Gasteiger partial charge on any atom is -0.345 e. The maximum Gasteiger partial charge on any atom is 0.208 e. The van der Waals surface area contributed by atoms with Crippen molar-refractivity contribution in [2.45, 2.75) is 6.42 Å². The monoisotopic (exact) mass is 290 g/mol. The van der Waals surface area contributed by atoms with Crippen LogP contribution in [-0.4, -0.2) is 53.2 Å². The van der Waals surface area contributed by atoms with Gasteiger partial charge in [-0.25, -0.2) is 0 Å². The van der Waals surface area contributed by atoms with Crippen molar-refractivity contribution in [1.82, 2.24) is 15.1 Å². The Labute approximate surface area is 102 Å². The van der Waals surface area contributed by atoms with Crippen molar-refractivity contribution in [1.29, 1.82) is 0 Å². The first kappa shape index (κ1) is 11.3. The molecule has 1 aromatic rings. The van der Waals surface area contributed by atoms with Gasteiger partial charge in [-0.2, -0.15) is 0 Å². The summed E-state index contributed by atoms with van der Waals surface area (Å²) in [5, 5.41) is 10.1. The molecule has 0 saturated carbocycles. The maximum atomic E-state index is 4.12. The summed E-state index contributed by atoms with van der Waals surface area (Å²) in [5.41, 5.74) is 1.80. The zero-order valence-corrected chi connectivity index (χ0v) is 11.0. The van der Waals surface area contributed by atoms with Gasteiger partial charge in [0, 0.05) is 31.5 Å². The lowest BCUT2D eigenvalue weighted by atomic mass is 10.4. The predicted molar refractivity (Wildman–Crippen MR) is 67.0 cm³/mol. The van der Waals surface area contributed by atoms with Gasteiger partial charge in [-0.3, -0.25) is 0 Å². The van der Waals surface area contributed by atoms with Crippen molar-refractivity contribution in [3.8, 4) is 0 Å². The average molecular weight is 291 g/mol. The summed E-state index contributed by atoms with van der Waals surface area (Å²) in [7, 11) is 0. The molecule has 1 aliphatic rings. The fourth-order valence-corrected chi connectivity index (χ4v) is 2.93. The Hall–Kier alpha value is -0.200. The minimum atomic E-state index is 1.06. The molecule has 0 aromatic carbocycles. The first-order valence-electron chi connectivity index (χ1n) is 5.19. The molecule has 1 fully saturated rings. The molecular formula is C9H15BrN4S. The highest BCUT2D eigenvalue weighted by atomic mass is 79.9. The van der Waals surface area contributed by atoms with Gasteiger partial charge in [-0.05, 0) is 13.0 Å². The maximum absolute atomic E-state index is 4.12. The molecule has 1 aliphatic heterocycles. The van der Waals surface area contributed by atoms with Crippen LogP contribution in [0.5, 0.6) is 0 Å². The number of hydrogen-bond acceptors (Lipinski definition) is 5. The van der Waals surface area contributed by atoms with Crippen molar-refractivity contribution in [2.75, 3.05) is 43.0 Å². The standard InChI is InChI=1S/C9H15BrN4S/c10-2-5-13-3-1-4-14(7-6-13)9-12-11-8-15-9/h8H,1-7H2. The van der Waals surface area contributed by atoms with Crippen molar-refractivity contribution in [3.63, 3.8) is 0 Å². The third-order valence-electron chi connectivity index (χ3n) is 2.61. The highest BCUT2D eigenvalue weighted by Crippen LogP contribution is 2.17. The second-order valence-electron chi connectivity index (χ2n) is 3.59. The zero-order valence-electron chi connectivity index (χ0n) is 8.60. The van der Waals surface area contributed by atoms with Gasteiger partial charge in [0.05, 0.1) is 0 Å². The summed E-state index contributed by atoms with van der Waals surface area (Å²) < 4.78 is 0. The molecule has 0 atom stereocenters. The zero-order chi connectivity index (χ0) is 10.5. The first-order valence-corrected chi connectivity index (χ1v) is 7.19. The summed E-state index contributed by atoms with van der Waals surface area (Å²) in [4.78, 5) is 4.84. The highest BCUT2D eigenvalue weighted by molar-refractivity contribution is 9.09. The Morgan fingerprint density at radius 3 is 3.00 bits per heavy atom. The van der Waals surface area contributed by atoms with Crippen LogP contribution in [-0.2, 0) is 0 Å². The van der Waals surface area contributed by atoms with Crippen LogP contribution in [0.15, 0.2) is 5.51 Å². The molecule has 2 rings (SSSR count). The molecule has 0 N–H and O–H groups in total. The van der Waals surface area contributed by atoms with Crippen LogP contribution in [0, 0.1) is 0 Å². The Balaban J connectivity index is 1.90. The van der Waals surface area contributed by atoms with Crippen molar-refractivity contribution in [2.24, 2.45) is 0 Å². The van der Waals surface area contributed by atoms with E-state index in [1.165, 1.54) is 13.0 Å².